The van der Waals surface area contributed by atoms with E-state index in [1.807, 2.05) is 6.07 Å². The van der Waals surface area contributed by atoms with Gasteiger partial charge in [0.25, 0.3) is 0 Å². The number of carbonyl (C=O) groups is 1. The lowest BCUT2D eigenvalue weighted by Gasteiger charge is -2.46. The first-order valence-corrected chi connectivity index (χ1v) is 7.40. The number of aliphatic hydroxyl groups is 1. The maximum atomic E-state index is 12.1. The Balaban J connectivity index is 1.41. The van der Waals surface area contributed by atoms with Crippen LogP contribution in [0.2, 0.25) is 0 Å². The van der Waals surface area contributed by atoms with Crippen molar-refractivity contribution in [2.24, 2.45) is 10.2 Å². The van der Waals surface area contributed by atoms with E-state index in [0.29, 0.717) is 45.2 Å². The lowest BCUT2D eigenvalue weighted by atomic mass is 9.88. The summed E-state index contributed by atoms with van der Waals surface area (Å²) in [7, 11) is 0. The number of aromatic amines is 1. The average molecular weight is 301 g/mol. The number of H-pyrrole nitrogens is 1. The van der Waals surface area contributed by atoms with E-state index in [-0.39, 0.29) is 5.91 Å². The van der Waals surface area contributed by atoms with Gasteiger partial charge in [-0.2, -0.15) is 15.3 Å². The van der Waals surface area contributed by atoms with Gasteiger partial charge in [0.2, 0.25) is 5.91 Å². The van der Waals surface area contributed by atoms with Crippen LogP contribution in [-0.2, 0) is 11.2 Å². The second-order valence-electron chi connectivity index (χ2n) is 6.12. The highest BCUT2D eigenvalue weighted by Gasteiger charge is 2.45. The monoisotopic (exact) mass is 301 g/mol. The van der Waals surface area contributed by atoms with Gasteiger partial charge in [0.05, 0.1) is 13.1 Å². The summed E-state index contributed by atoms with van der Waals surface area (Å²) in [6.07, 6.45) is 9.69. The topological polar surface area (TPSA) is 93.9 Å². The minimum atomic E-state index is -0.850. The first-order chi connectivity index (χ1) is 10.5. The van der Waals surface area contributed by atoms with Gasteiger partial charge in [-0.05, 0) is 6.07 Å². The number of amides is 1. The van der Waals surface area contributed by atoms with Crippen LogP contribution < -0.4 is 0 Å². The van der Waals surface area contributed by atoms with Crippen LogP contribution in [0.5, 0.6) is 0 Å². The minimum Gasteiger partial charge on any atom is -0.386 e. The first-order valence-electron chi connectivity index (χ1n) is 7.40. The number of rotatable bonds is 7. The average Bonchev–Trinajstić information content (AvgIpc) is 3.07. The lowest BCUT2D eigenvalue weighted by Crippen LogP contribution is -2.64. The van der Waals surface area contributed by atoms with E-state index in [1.54, 1.807) is 11.1 Å². The van der Waals surface area contributed by atoms with Gasteiger partial charge >= 0.3 is 0 Å². The van der Waals surface area contributed by atoms with Gasteiger partial charge in [-0.3, -0.25) is 9.89 Å². The van der Waals surface area contributed by atoms with Gasteiger partial charge in [-0.1, -0.05) is 0 Å². The summed E-state index contributed by atoms with van der Waals surface area (Å²) in [4.78, 5) is 13.8. The van der Waals surface area contributed by atoms with Crippen molar-refractivity contribution in [1.29, 1.82) is 0 Å². The molecule has 1 aromatic heterocycles. The smallest absolute Gasteiger partial charge is 0.222 e. The number of terminal acetylenes is 1. The van der Waals surface area contributed by atoms with Crippen molar-refractivity contribution in [3.05, 3.63) is 18.0 Å². The van der Waals surface area contributed by atoms with E-state index in [0.717, 1.165) is 5.69 Å². The summed E-state index contributed by atoms with van der Waals surface area (Å²) in [6, 6.07) is 1.83. The Morgan fingerprint density at radius 2 is 2.23 bits per heavy atom. The molecule has 1 amide bonds. The Morgan fingerprint density at radius 1 is 1.45 bits per heavy atom. The van der Waals surface area contributed by atoms with Crippen LogP contribution in [0, 0.1) is 12.3 Å². The van der Waals surface area contributed by atoms with E-state index in [2.05, 4.69) is 26.3 Å². The number of nitrogens with zero attached hydrogens (tertiary/aromatic N) is 4. The van der Waals surface area contributed by atoms with Gasteiger partial charge in [-0.15, -0.1) is 12.3 Å². The zero-order valence-electron chi connectivity index (χ0n) is 12.3. The van der Waals surface area contributed by atoms with Gasteiger partial charge < -0.3 is 10.0 Å². The fourth-order valence-electron chi connectivity index (χ4n) is 2.82. The zero-order chi connectivity index (χ0) is 15.6. The summed E-state index contributed by atoms with van der Waals surface area (Å²) in [5.41, 5.74) is -0.394. The number of nitrogens with one attached hydrogen (secondary N) is 1. The number of hydrogen-bond donors (Lipinski definition) is 2. The predicted molar refractivity (Wildman–Crippen MR) is 78.7 cm³/mol. The molecule has 0 atom stereocenters. The maximum Gasteiger partial charge on any atom is 0.222 e. The molecular formula is C15H19N5O2. The quantitative estimate of drug-likeness (QED) is 0.732. The van der Waals surface area contributed by atoms with Gasteiger partial charge in [0.1, 0.15) is 5.60 Å². The molecule has 0 bridgehead atoms. The highest BCUT2D eigenvalue weighted by Crippen LogP contribution is 2.38. The molecule has 0 spiro atoms. The third kappa shape index (κ3) is 3.17. The van der Waals surface area contributed by atoms with E-state index in [4.69, 9.17) is 6.42 Å². The maximum absolute atomic E-state index is 12.1. The summed E-state index contributed by atoms with van der Waals surface area (Å²) in [5, 5.41) is 25.1. The standard InChI is InChI=1S/C15H19N5O2/c1-2-3-6-15(18-19-15)7-4-13(21)20-10-14(22,11-20)9-12-5-8-16-17-12/h1,5,8,22H,3-4,6-7,9-11H2,(H,16,17). The van der Waals surface area contributed by atoms with Crippen molar-refractivity contribution >= 4 is 5.91 Å². The van der Waals surface area contributed by atoms with Crippen molar-refractivity contribution < 1.29 is 9.90 Å². The molecule has 3 heterocycles. The van der Waals surface area contributed by atoms with Crippen LogP contribution in [0.3, 0.4) is 0 Å². The largest absolute Gasteiger partial charge is 0.386 e. The molecule has 1 saturated heterocycles. The number of aromatic nitrogens is 2. The molecule has 0 unspecified atom stereocenters. The third-order valence-corrected chi connectivity index (χ3v) is 4.19. The van der Waals surface area contributed by atoms with Gasteiger partial charge in [0.15, 0.2) is 5.66 Å². The molecule has 2 aliphatic heterocycles. The van der Waals surface area contributed by atoms with E-state index < -0.39 is 11.3 Å². The third-order valence-electron chi connectivity index (χ3n) is 4.19. The molecule has 7 heteroatoms. The molecule has 116 valence electrons. The lowest BCUT2D eigenvalue weighted by molar-refractivity contribution is -0.155. The Kier molecular flexibility index (Phi) is 3.71. The number of likely N-dealkylation sites (tertiary alicyclic amines) is 1. The molecule has 0 saturated carbocycles. The highest BCUT2D eigenvalue weighted by atomic mass is 16.3. The van der Waals surface area contributed by atoms with Crippen LogP contribution in [0.15, 0.2) is 22.5 Å². The molecule has 2 N–H and O–H groups in total. The van der Waals surface area contributed by atoms with Crippen molar-refractivity contribution in [2.45, 2.75) is 43.4 Å². The Labute approximate surface area is 128 Å². The van der Waals surface area contributed by atoms with Crippen molar-refractivity contribution in [2.75, 3.05) is 13.1 Å². The van der Waals surface area contributed by atoms with E-state index >= 15 is 0 Å². The van der Waals surface area contributed by atoms with Crippen molar-refractivity contribution in [3.8, 4) is 12.3 Å². The molecule has 3 rings (SSSR count). The molecule has 2 aliphatic rings. The van der Waals surface area contributed by atoms with Crippen LogP contribution in [0.1, 0.15) is 31.4 Å². The van der Waals surface area contributed by atoms with Crippen LogP contribution >= 0.6 is 0 Å². The fraction of sp³-hybridized carbons (Fsp3) is 0.600. The van der Waals surface area contributed by atoms with E-state index in [9.17, 15) is 9.90 Å². The summed E-state index contributed by atoms with van der Waals surface area (Å²) in [6.45, 7) is 0.715. The van der Waals surface area contributed by atoms with Crippen molar-refractivity contribution in [3.63, 3.8) is 0 Å². The molecule has 7 nitrogen and oxygen atoms in total. The first kappa shape index (κ1) is 14.7. The Morgan fingerprint density at radius 3 is 2.82 bits per heavy atom. The summed E-state index contributed by atoms with van der Waals surface area (Å²) < 4.78 is 0. The summed E-state index contributed by atoms with van der Waals surface area (Å²) in [5.74, 6) is 2.61. The molecule has 22 heavy (non-hydrogen) atoms. The van der Waals surface area contributed by atoms with Crippen LogP contribution in [0.25, 0.3) is 0 Å². The SMILES string of the molecule is C#CCCC1(CCC(=O)N2CC(O)(Cc3ccn[nH]3)C2)N=N1. The van der Waals surface area contributed by atoms with Crippen molar-refractivity contribution in [1.82, 2.24) is 15.1 Å². The molecule has 1 aromatic rings. The second-order valence-corrected chi connectivity index (χ2v) is 6.12. The number of β-amino-alcohol motifs (C(OH)–C–C–N with tert-alkyl or cyclic N) is 1. The molecular weight excluding hydrogens is 282 g/mol. The van der Waals surface area contributed by atoms with Gasteiger partial charge in [-0.25, -0.2) is 0 Å². The Bertz CT molecular complexity index is 604. The molecule has 1 fully saturated rings. The second kappa shape index (κ2) is 5.54. The fourth-order valence-corrected chi connectivity index (χ4v) is 2.82. The summed E-state index contributed by atoms with van der Waals surface area (Å²) >= 11 is 0. The van der Waals surface area contributed by atoms with Crippen LogP contribution in [-0.4, -0.2) is 50.5 Å². The molecule has 0 aliphatic carbocycles. The number of hydrogen-bond acceptors (Lipinski definition) is 5. The Hall–Kier alpha value is -2.20. The normalized spacial score (nSPS) is 20.3. The molecule has 0 aromatic carbocycles. The highest BCUT2D eigenvalue weighted by molar-refractivity contribution is 5.77. The van der Waals surface area contributed by atoms with E-state index in [1.165, 1.54) is 0 Å². The van der Waals surface area contributed by atoms with Crippen LogP contribution in [0.4, 0.5) is 0 Å². The van der Waals surface area contributed by atoms with Gasteiger partial charge in [0, 0.05) is 44.0 Å². The predicted octanol–water partition coefficient (Wildman–Crippen LogP) is 0.881. The molecule has 0 radical (unpaired) electrons. The number of carbonyl (C=O) groups excluding carboxylic acids is 1. The zero-order valence-corrected chi connectivity index (χ0v) is 12.3. The minimum absolute atomic E-state index is 0.0340.